The molecule has 1 atom stereocenters. The third kappa shape index (κ3) is 4.64. The molecule has 1 aromatic heterocycles. The second-order valence-corrected chi connectivity index (χ2v) is 7.51. The Labute approximate surface area is 162 Å². The number of carboxylic acid groups (broad SMARTS) is 1. The first-order valence-corrected chi connectivity index (χ1v) is 9.56. The van der Waals surface area contributed by atoms with Crippen molar-refractivity contribution >= 4 is 18.3 Å². The molecule has 0 bridgehead atoms. The summed E-state index contributed by atoms with van der Waals surface area (Å²) in [7, 11) is 0. The second-order valence-electron chi connectivity index (χ2n) is 7.51. The van der Waals surface area contributed by atoms with Crippen molar-refractivity contribution in [3.63, 3.8) is 0 Å². The van der Waals surface area contributed by atoms with Crippen LogP contribution in [0.15, 0.2) is 6.33 Å². The summed E-state index contributed by atoms with van der Waals surface area (Å²) < 4.78 is 7.10. The summed E-state index contributed by atoms with van der Waals surface area (Å²) in [5, 5.41) is 17.7. The quantitative estimate of drug-likeness (QED) is 0.525. The van der Waals surface area contributed by atoms with Gasteiger partial charge in [-0.05, 0) is 49.2 Å². The summed E-state index contributed by atoms with van der Waals surface area (Å²) in [6, 6.07) is 0. The van der Waals surface area contributed by atoms with Crippen molar-refractivity contribution in [3.8, 4) is 0 Å². The van der Waals surface area contributed by atoms with E-state index in [4.69, 9.17) is 14.6 Å². The van der Waals surface area contributed by atoms with Gasteiger partial charge in [-0.3, -0.25) is 19.3 Å². The molecule has 4 rings (SSSR count). The van der Waals surface area contributed by atoms with Gasteiger partial charge in [0, 0.05) is 26.1 Å². The van der Waals surface area contributed by atoms with Crippen LogP contribution in [0.3, 0.4) is 0 Å². The Hall–Kier alpha value is -2.56. The lowest BCUT2D eigenvalue weighted by atomic mass is 9.76. The van der Waals surface area contributed by atoms with E-state index in [0.29, 0.717) is 25.9 Å². The largest absolute Gasteiger partial charge is 0.483 e. The highest BCUT2D eigenvalue weighted by Crippen LogP contribution is 2.43. The zero-order chi connectivity index (χ0) is 20.0. The number of rotatable bonds is 4. The van der Waals surface area contributed by atoms with Crippen molar-refractivity contribution in [1.82, 2.24) is 30.0 Å². The maximum absolute atomic E-state index is 12.5. The van der Waals surface area contributed by atoms with Crippen molar-refractivity contribution in [2.75, 3.05) is 32.7 Å². The molecule has 0 aromatic carbocycles. The van der Waals surface area contributed by atoms with Gasteiger partial charge in [0.1, 0.15) is 19.0 Å². The number of hydrogen-bond donors (Lipinski definition) is 1. The minimum atomic E-state index is -0.393. The summed E-state index contributed by atoms with van der Waals surface area (Å²) >= 11 is 0. The van der Waals surface area contributed by atoms with Gasteiger partial charge in [-0.1, -0.05) is 0 Å². The number of ether oxygens (including phenoxy) is 1. The van der Waals surface area contributed by atoms with Gasteiger partial charge in [0.2, 0.25) is 5.91 Å². The molecule has 3 saturated heterocycles. The molecule has 0 radical (unpaired) electrons. The van der Waals surface area contributed by atoms with Crippen LogP contribution < -0.4 is 0 Å². The smallest absolute Gasteiger partial charge is 0.312 e. The molecule has 1 aromatic rings. The fourth-order valence-corrected chi connectivity index (χ4v) is 4.28. The van der Waals surface area contributed by atoms with E-state index in [1.54, 1.807) is 4.90 Å². The Morgan fingerprint density at radius 1 is 1.29 bits per heavy atom. The van der Waals surface area contributed by atoms with Crippen molar-refractivity contribution in [2.24, 2.45) is 5.41 Å². The van der Waals surface area contributed by atoms with Crippen molar-refractivity contribution in [1.29, 1.82) is 0 Å². The summed E-state index contributed by atoms with van der Waals surface area (Å²) in [6.45, 7) is 4.15. The molecule has 0 saturated carbocycles. The van der Waals surface area contributed by atoms with Crippen molar-refractivity contribution in [3.05, 3.63) is 6.33 Å². The minimum Gasteiger partial charge on any atom is -0.483 e. The maximum atomic E-state index is 12.5. The topological polar surface area (TPSA) is 131 Å². The fraction of sp³-hybridized carbons (Fsp3) is 0.765. The van der Waals surface area contributed by atoms with Crippen LogP contribution in [0, 0.1) is 5.41 Å². The molecular formula is C17H26N6O5. The third-order valence-electron chi connectivity index (χ3n) is 5.75. The van der Waals surface area contributed by atoms with Gasteiger partial charge in [0.25, 0.3) is 6.47 Å². The second kappa shape index (κ2) is 9.09. The van der Waals surface area contributed by atoms with Gasteiger partial charge in [-0.2, -0.15) is 0 Å². The Bertz CT molecular complexity index is 668. The first kappa shape index (κ1) is 20.2. The van der Waals surface area contributed by atoms with E-state index < -0.39 is 5.41 Å². The molecule has 1 unspecified atom stereocenters. The normalized spacial score (nSPS) is 23.9. The molecule has 154 valence electrons. The van der Waals surface area contributed by atoms with Crippen molar-refractivity contribution in [2.45, 2.75) is 44.8 Å². The molecule has 3 fully saturated rings. The summed E-state index contributed by atoms with van der Waals surface area (Å²) in [5.74, 6) is -0.0774. The highest BCUT2D eigenvalue weighted by atomic mass is 16.6. The number of hydrogen-bond acceptors (Lipinski definition) is 8. The van der Waals surface area contributed by atoms with Gasteiger partial charge in [-0.15, -0.1) is 5.10 Å². The lowest BCUT2D eigenvalue weighted by molar-refractivity contribution is -0.153. The number of nitrogens with zero attached hydrogens (tertiary/aromatic N) is 6. The van der Waals surface area contributed by atoms with Crippen LogP contribution in [0.25, 0.3) is 0 Å². The van der Waals surface area contributed by atoms with E-state index in [9.17, 15) is 9.59 Å². The van der Waals surface area contributed by atoms with Crippen LogP contribution in [-0.4, -0.2) is 92.3 Å². The Kier molecular flexibility index (Phi) is 6.55. The van der Waals surface area contributed by atoms with Gasteiger partial charge in [-0.25, -0.2) is 4.68 Å². The van der Waals surface area contributed by atoms with E-state index in [0.717, 1.165) is 26.1 Å². The summed E-state index contributed by atoms with van der Waals surface area (Å²) in [6.07, 6.45) is 6.08. The Morgan fingerprint density at radius 2 is 1.96 bits per heavy atom. The number of piperidine rings is 1. The lowest BCUT2D eigenvalue weighted by Crippen LogP contribution is -2.46. The van der Waals surface area contributed by atoms with Crippen LogP contribution in [0.2, 0.25) is 0 Å². The maximum Gasteiger partial charge on any atom is 0.312 e. The number of esters is 1. The van der Waals surface area contributed by atoms with Crippen LogP contribution in [0.1, 0.15) is 32.1 Å². The number of carbonyl (C=O) groups excluding carboxylic acids is 2. The van der Waals surface area contributed by atoms with E-state index in [1.807, 2.05) is 0 Å². The SMILES string of the molecule is O=C(Cn1cnnn1)N1CCC2(CC1)CC(CN1CCCC1)OC2=O.O=CO. The standard InChI is InChI=1S/C16H24N6O3.CH2O2/c23-14(11-22-12-17-18-19-22)21-7-3-16(4-8-21)9-13(25-15(16)24)10-20-5-1-2-6-20;2-1-3/h12-13H,1-11H2;1H,(H,2,3). The monoisotopic (exact) mass is 394 g/mol. The number of aromatic nitrogens is 4. The Morgan fingerprint density at radius 3 is 2.57 bits per heavy atom. The first-order chi connectivity index (χ1) is 13.6. The highest BCUT2D eigenvalue weighted by Gasteiger charge is 2.51. The van der Waals surface area contributed by atoms with E-state index >= 15 is 0 Å². The van der Waals surface area contributed by atoms with Crippen LogP contribution in [0.5, 0.6) is 0 Å². The lowest BCUT2D eigenvalue weighted by Gasteiger charge is -2.36. The number of tetrazole rings is 1. The zero-order valence-electron chi connectivity index (χ0n) is 15.8. The predicted octanol–water partition coefficient (Wildman–Crippen LogP) is -0.606. The van der Waals surface area contributed by atoms with Crippen molar-refractivity contribution < 1.29 is 24.2 Å². The molecule has 3 aliphatic rings. The molecule has 1 N–H and O–H groups in total. The van der Waals surface area contributed by atoms with Crippen LogP contribution in [-0.2, 0) is 25.7 Å². The van der Waals surface area contributed by atoms with Gasteiger partial charge < -0.3 is 14.7 Å². The molecule has 1 amide bonds. The molecule has 4 heterocycles. The molecule has 1 spiro atoms. The third-order valence-corrected chi connectivity index (χ3v) is 5.75. The number of amides is 1. The Balaban J connectivity index is 0.000000706. The average molecular weight is 394 g/mol. The van der Waals surface area contributed by atoms with Gasteiger partial charge in [0.15, 0.2) is 0 Å². The predicted molar refractivity (Wildman–Crippen MR) is 94.9 cm³/mol. The number of carbonyl (C=O) groups is 3. The molecule has 0 aliphatic carbocycles. The van der Waals surface area contributed by atoms with Gasteiger partial charge in [0.05, 0.1) is 5.41 Å². The van der Waals surface area contributed by atoms with E-state index in [1.165, 1.54) is 23.9 Å². The zero-order valence-corrected chi connectivity index (χ0v) is 15.8. The number of likely N-dealkylation sites (tertiary alicyclic amines) is 2. The molecule has 11 nitrogen and oxygen atoms in total. The molecule has 28 heavy (non-hydrogen) atoms. The highest BCUT2D eigenvalue weighted by molar-refractivity contribution is 5.80. The minimum absolute atomic E-state index is 0.00840. The van der Waals surface area contributed by atoms with Gasteiger partial charge >= 0.3 is 5.97 Å². The van der Waals surface area contributed by atoms with E-state index in [-0.39, 0.29) is 31.0 Å². The average Bonchev–Trinajstić information content (AvgIpc) is 3.41. The van der Waals surface area contributed by atoms with Crippen LogP contribution >= 0.6 is 0 Å². The molecular weight excluding hydrogens is 368 g/mol. The summed E-state index contributed by atoms with van der Waals surface area (Å²) in [5.41, 5.74) is -0.393. The summed E-state index contributed by atoms with van der Waals surface area (Å²) in [4.78, 5) is 37.4. The van der Waals surface area contributed by atoms with E-state index in [2.05, 4.69) is 20.4 Å². The first-order valence-electron chi connectivity index (χ1n) is 9.56. The number of cyclic esters (lactones) is 1. The molecule has 3 aliphatic heterocycles. The van der Waals surface area contributed by atoms with Crippen LogP contribution in [0.4, 0.5) is 0 Å². The fourth-order valence-electron chi connectivity index (χ4n) is 4.28. The molecule has 11 heteroatoms.